The first-order chi connectivity index (χ1) is 7.37. The molecular weight excluding hydrogens is 210 g/mol. The van der Waals surface area contributed by atoms with Gasteiger partial charge in [-0.1, -0.05) is 12.1 Å². The maximum Gasteiger partial charge on any atom is 0.294 e. The topological polar surface area (TPSA) is 61.6 Å². The molecule has 5 nitrogen and oxygen atoms in total. The summed E-state index contributed by atoms with van der Waals surface area (Å²) in [5.74, 6) is 0.734. The van der Waals surface area contributed by atoms with Gasteiger partial charge in [0.2, 0.25) is 0 Å². The van der Waals surface area contributed by atoms with Crippen molar-refractivity contribution in [2.75, 3.05) is 0 Å². The van der Waals surface area contributed by atoms with Gasteiger partial charge < -0.3 is 9.57 Å². The van der Waals surface area contributed by atoms with Crippen molar-refractivity contribution < 1.29 is 14.7 Å². The lowest BCUT2D eigenvalue weighted by atomic mass is 10.2. The van der Waals surface area contributed by atoms with Crippen LogP contribution in [-0.2, 0) is 11.4 Å². The van der Waals surface area contributed by atoms with Gasteiger partial charge in [-0.15, -0.1) is 10.1 Å². The summed E-state index contributed by atoms with van der Waals surface area (Å²) in [5, 5.41) is 9.18. The number of rotatable bonds is 4. The van der Waals surface area contributed by atoms with Gasteiger partial charge in [0.1, 0.15) is 18.0 Å². The van der Waals surface area contributed by atoms with Crippen molar-refractivity contribution in [3.8, 4) is 5.75 Å². The van der Waals surface area contributed by atoms with Crippen LogP contribution in [0.3, 0.4) is 0 Å². The smallest absolute Gasteiger partial charge is 0.294 e. The van der Waals surface area contributed by atoms with E-state index in [0.29, 0.717) is 0 Å². The molecule has 88 valence electrons. The van der Waals surface area contributed by atoms with Crippen molar-refractivity contribution in [1.82, 2.24) is 0 Å². The molecule has 1 aromatic rings. The van der Waals surface area contributed by atoms with E-state index in [2.05, 4.69) is 4.84 Å². The number of hydrogen-bond donors (Lipinski definition) is 0. The minimum absolute atomic E-state index is 0.0389. The predicted octanol–water partition coefficient (Wildman–Crippen LogP) is 2.57. The van der Waals surface area contributed by atoms with Crippen LogP contribution in [-0.4, -0.2) is 10.7 Å². The summed E-state index contributed by atoms with van der Waals surface area (Å²) in [6, 6.07) is 7.02. The fraction of sp³-hybridized carbons (Fsp3) is 0.455. The third-order valence-corrected chi connectivity index (χ3v) is 1.68. The van der Waals surface area contributed by atoms with E-state index in [-0.39, 0.29) is 12.2 Å². The first kappa shape index (κ1) is 12.3. The fourth-order valence-electron chi connectivity index (χ4n) is 1.13. The lowest BCUT2D eigenvalue weighted by Crippen LogP contribution is -2.22. The molecule has 1 rings (SSSR count). The maximum atomic E-state index is 9.99. The molecule has 0 aliphatic rings. The first-order valence-corrected chi connectivity index (χ1v) is 4.92. The highest BCUT2D eigenvalue weighted by atomic mass is 16.9. The molecule has 0 fully saturated rings. The molecule has 0 amide bonds. The highest BCUT2D eigenvalue weighted by Gasteiger charge is 2.11. The molecule has 0 N–H and O–H groups in total. The fourth-order valence-corrected chi connectivity index (χ4v) is 1.13. The molecule has 1 aromatic carbocycles. The molecule has 0 aromatic heterocycles. The van der Waals surface area contributed by atoms with Crippen molar-refractivity contribution in [2.45, 2.75) is 33.0 Å². The first-order valence-electron chi connectivity index (χ1n) is 4.92. The Morgan fingerprint density at radius 3 is 2.25 bits per heavy atom. The van der Waals surface area contributed by atoms with E-state index in [1.165, 1.54) is 0 Å². The van der Waals surface area contributed by atoms with Crippen molar-refractivity contribution >= 4 is 0 Å². The van der Waals surface area contributed by atoms with Gasteiger partial charge in [0, 0.05) is 0 Å². The van der Waals surface area contributed by atoms with Crippen LogP contribution < -0.4 is 4.74 Å². The van der Waals surface area contributed by atoms with Crippen molar-refractivity contribution in [3.63, 3.8) is 0 Å². The van der Waals surface area contributed by atoms with E-state index >= 15 is 0 Å². The Hall–Kier alpha value is -1.78. The molecule has 0 atom stereocenters. The Kier molecular flexibility index (Phi) is 3.71. The second-order valence-corrected chi connectivity index (χ2v) is 4.36. The van der Waals surface area contributed by atoms with Crippen LogP contribution in [0, 0.1) is 10.1 Å². The molecule has 16 heavy (non-hydrogen) atoms. The average molecular weight is 225 g/mol. The number of benzene rings is 1. The third-order valence-electron chi connectivity index (χ3n) is 1.68. The van der Waals surface area contributed by atoms with E-state index in [9.17, 15) is 10.1 Å². The van der Waals surface area contributed by atoms with Crippen LogP contribution in [0.15, 0.2) is 24.3 Å². The number of nitrogens with zero attached hydrogens (tertiary/aromatic N) is 1. The van der Waals surface area contributed by atoms with Gasteiger partial charge in [-0.05, 0) is 38.5 Å². The van der Waals surface area contributed by atoms with Gasteiger partial charge in [-0.25, -0.2) is 0 Å². The van der Waals surface area contributed by atoms with Crippen LogP contribution in [0.5, 0.6) is 5.75 Å². The second kappa shape index (κ2) is 4.83. The Morgan fingerprint density at radius 1 is 1.25 bits per heavy atom. The Balaban J connectivity index is 2.57. The minimum atomic E-state index is -0.806. The molecular formula is C11H15NO4. The largest absolute Gasteiger partial charge is 0.488 e. The highest BCUT2D eigenvalue weighted by molar-refractivity contribution is 5.27. The molecule has 5 heteroatoms. The van der Waals surface area contributed by atoms with Crippen molar-refractivity contribution in [1.29, 1.82) is 0 Å². The normalized spacial score (nSPS) is 10.9. The molecule has 0 aliphatic carbocycles. The van der Waals surface area contributed by atoms with E-state index in [4.69, 9.17) is 4.74 Å². The summed E-state index contributed by atoms with van der Waals surface area (Å²) in [7, 11) is 0. The summed E-state index contributed by atoms with van der Waals surface area (Å²) in [6.07, 6.45) is 0. The van der Waals surface area contributed by atoms with Crippen LogP contribution >= 0.6 is 0 Å². The molecule has 0 spiro atoms. The van der Waals surface area contributed by atoms with Gasteiger partial charge in [-0.3, -0.25) is 0 Å². The molecule has 0 saturated carbocycles. The minimum Gasteiger partial charge on any atom is -0.488 e. The average Bonchev–Trinajstić information content (AvgIpc) is 2.14. The monoisotopic (exact) mass is 225 g/mol. The summed E-state index contributed by atoms with van der Waals surface area (Å²) in [6.45, 7) is 5.83. The second-order valence-electron chi connectivity index (χ2n) is 4.36. The van der Waals surface area contributed by atoms with Crippen LogP contribution in [0.4, 0.5) is 0 Å². The SMILES string of the molecule is CC(C)(C)Oc1ccc(CO[N+](=O)[O-])cc1. The quantitative estimate of drug-likeness (QED) is 0.583. The summed E-state index contributed by atoms with van der Waals surface area (Å²) >= 11 is 0. The van der Waals surface area contributed by atoms with Crippen molar-refractivity contribution in [3.05, 3.63) is 39.9 Å². The lowest BCUT2D eigenvalue weighted by Gasteiger charge is -2.21. The van der Waals surface area contributed by atoms with Crippen LogP contribution in [0.25, 0.3) is 0 Å². The van der Waals surface area contributed by atoms with Gasteiger partial charge in [0.15, 0.2) is 0 Å². The van der Waals surface area contributed by atoms with E-state index in [0.717, 1.165) is 11.3 Å². The van der Waals surface area contributed by atoms with E-state index in [1.54, 1.807) is 24.3 Å². The van der Waals surface area contributed by atoms with E-state index < -0.39 is 5.09 Å². The van der Waals surface area contributed by atoms with Crippen LogP contribution in [0.1, 0.15) is 26.3 Å². The summed E-state index contributed by atoms with van der Waals surface area (Å²) in [5.41, 5.74) is 0.483. The molecule has 0 saturated heterocycles. The van der Waals surface area contributed by atoms with Gasteiger partial charge in [-0.2, -0.15) is 0 Å². The van der Waals surface area contributed by atoms with Crippen molar-refractivity contribution in [2.24, 2.45) is 0 Å². The Bertz CT molecular complexity index is 353. The van der Waals surface area contributed by atoms with Crippen LogP contribution in [0.2, 0.25) is 0 Å². The maximum absolute atomic E-state index is 9.99. The standard InChI is InChI=1S/C11H15NO4/c1-11(2,3)16-10-6-4-9(5-7-10)8-15-12(13)14/h4-7H,8H2,1-3H3. The zero-order chi connectivity index (χ0) is 12.2. The highest BCUT2D eigenvalue weighted by Crippen LogP contribution is 2.18. The number of hydrogen-bond acceptors (Lipinski definition) is 4. The molecule has 0 radical (unpaired) electrons. The lowest BCUT2D eigenvalue weighted by molar-refractivity contribution is -0.763. The zero-order valence-electron chi connectivity index (χ0n) is 9.60. The Labute approximate surface area is 94.1 Å². The van der Waals surface area contributed by atoms with Gasteiger partial charge in [0.05, 0.1) is 0 Å². The molecule has 0 bridgehead atoms. The third kappa shape index (κ3) is 4.63. The summed E-state index contributed by atoms with van der Waals surface area (Å²) in [4.78, 5) is 14.2. The molecule has 0 heterocycles. The number of ether oxygens (including phenoxy) is 1. The predicted molar refractivity (Wildman–Crippen MR) is 58.6 cm³/mol. The summed E-state index contributed by atoms with van der Waals surface area (Å²) < 4.78 is 5.61. The zero-order valence-corrected chi connectivity index (χ0v) is 9.60. The van der Waals surface area contributed by atoms with E-state index in [1.807, 2.05) is 20.8 Å². The Morgan fingerprint density at radius 2 is 1.81 bits per heavy atom. The van der Waals surface area contributed by atoms with Gasteiger partial charge >= 0.3 is 0 Å². The van der Waals surface area contributed by atoms with Gasteiger partial charge in [0.25, 0.3) is 5.09 Å². The molecule has 0 unspecified atom stereocenters. The molecule has 0 aliphatic heterocycles.